The summed E-state index contributed by atoms with van der Waals surface area (Å²) in [5.41, 5.74) is 5.37. The third kappa shape index (κ3) is 2.62. The van der Waals surface area contributed by atoms with Crippen LogP contribution in [0.5, 0.6) is 0 Å². The molecule has 0 aromatic carbocycles. The number of nitrogens with zero attached hydrogens (tertiary/aromatic N) is 3. The average Bonchev–Trinajstić information content (AvgIpc) is 2.89. The van der Waals surface area contributed by atoms with E-state index in [9.17, 15) is 4.79 Å². The van der Waals surface area contributed by atoms with E-state index < -0.39 is 0 Å². The van der Waals surface area contributed by atoms with Gasteiger partial charge in [0.05, 0.1) is 0 Å². The number of nitrogens with one attached hydrogen (secondary N) is 2. The molecular weight excluding hydrogens is 208 g/mol. The van der Waals surface area contributed by atoms with Crippen molar-refractivity contribution in [2.75, 3.05) is 30.7 Å². The number of H-pyrrole nitrogens is 1. The zero-order chi connectivity index (χ0) is 11.4. The topological polar surface area (TPSA) is 99.9 Å². The first-order chi connectivity index (χ1) is 7.75. The first-order valence-electron chi connectivity index (χ1n) is 5.45. The minimum absolute atomic E-state index is 0.188. The van der Waals surface area contributed by atoms with Crippen LogP contribution in [-0.2, 0) is 4.79 Å². The Bertz CT molecular complexity index is 357. The Labute approximate surface area is 93.4 Å². The zero-order valence-electron chi connectivity index (χ0n) is 9.07. The summed E-state index contributed by atoms with van der Waals surface area (Å²) in [6.07, 6.45) is 2.71. The van der Waals surface area contributed by atoms with Crippen LogP contribution in [0.4, 0.5) is 11.9 Å². The number of hydrogen-bond acceptors (Lipinski definition) is 5. The van der Waals surface area contributed by atoms with Gasteiger partial charge in [0.2, 0.25) is 17.8 Å². The Balaban J connectivity index is 1.69. The second-order valence-electron chi connectivity index (χ2n) is 3.81. The Morgan fingerprint density at radius 2 is 2.25 bits per heavy atom. The van der Waals surface area contributed by atoms with Crippen LogP contribution in [0.2, 0.25) is 0 Å². The lowest BCUT2D eigenvalue weighted by atomic mass is 10.3. The summed E-state index contributed by atoms with van der Waals surface area (Å²) in [7, 11) is 0. The number of anilines is 2. The van der Waals surface area contributed by atoms with Crippen molar-refractivity contribution < 1.29 is 4.79 Å². The standard InChI is InChI=1S/C9H16N6O/c10-8-12-9(14-13-8)11-4-3-7(16)15-5-1-2-6-15/h1-6H2,(H4,10,11,12,13,14). The van der Waals surface area contributed by atoms with E-state index in [1.165, 1.54) is 0 Å². The van der Waals surface area contributed by atoms with Crippen molar-refractivity contribution in [3.05, 3.63) is 0 Å². The Morgan fingerprint density at radius 1 is 1.50 bits per heavy atom. The van der Waals surface area contributed by atoms with Gasteiger partial charge in [0.25, 0.3) is 0 Å². The molecule has 4 N–H and O–H groups in total. The maximum absolute atomic E-state index is 11.7. The largest absolute Gasteiger partial charge is 0.368 e. The first-order valence-corrected chi connectivity index (χ1v) is 5.45. The molecule has 1 aliphatic rings. The highest BCUT2D eigenvalue weighted by molar-refractivity contribution is 5.76. The summed E-state index contributed by atoms with van der Waals surface area (Å²) in [5.74, 6) is 0.897. The van der Waals surface area contributed by atoms with E-state index in [2.05, 4.69) is 20.5 Å². The molecule has 16 heavy (non-hydrogen) atoms. The molecule has 0 atom stereocenters. The molecule has 7 nitrogen and oxygen atoms in total. The zero-order valence-corrected chi connectivity index (χ0v) is 9.07. The van der Waals surface area contributed by atoms with E-state index in [-0.39, 0.29) is 11.9 Å². The Morgan fingerprint density at radius 3 is 2.88 bits per heavy atom. The predicted octanol–water partition coefficient (Wildman–Crippen LogP) is -0.189. The lowest BCUT2D eigenvalue weighted by Gasteiger charge is -2.14. The van der Waals surface area contributed by atoms with Gasteiger partial charge in [-0.2, -0.15) is 4.98 Å². The van der Waals surface area contributed by atoms with Gasteiger partial charge in [-0.3, -0.25) is 4.79 Å². The van der Waals surface area contributed by atoms with Crippen molar-refractivity contribution in [2.45, 2.75) is 19.3 Å². The van der Waals surface area contributed by atoms with E-state index in [1.807, 2.05) is 4.90 Å². The molecule has 1 aromatic heterocycles. The molecule has 0 radical (unpaired) electrons. The average molecular weight is 224 g/mol. The molecule has 1 fully saturated rings. The van der Waals surface area contributed by atoms with E-state index in [4.69, 9.17) is 5.73 Å². The molecule has 2 heterocycles. The smallest absolute Gasteiger partial charge is 0.243 e. The molecule has 0 spiro atoms. The molecule has 0 saturated carbocycles. The summed E-state index contributed by atoms with van der Waals surface area (Å²) >= 11 is 0. The molecular formula is C9H16N6O. The third-order valence-corrected chi connectivity index (χ3v) is 2.58. The second-order valence-corrected chi connectivity index (χ2v) is 3.81. The molecule has 7 heteroatoms. The minimum atomic E-state index is 0.188. The van der Waals surface area contributed by atoms with E-state index >= 15 is 0 Å². The summed E-state index contributed by atoms with van der Waals surface area (Å²) in [5, 5.41) is 9.27. The summed E-state index contributed by atoms with van der Waals surface area (Å²) in [6, 6.07) is 0. The monoisotopic (exact) mass is 224 g/mol. The number of aromatic amines is 1. The van der Waals surface area contributed by atoms with Crippen LogP contribution >= 0.6 is 0 Å². The van der Waals surface area contributed by atoms with Gasteiger partial charge in [-0.25, -0.2) is 5.10 Å². The molecule has 0 aliphatic carbocycles. The molecule has 2 rings (SSSR count). The van der Waals surface area contributed by atoms with Crippen LogP contribution in [0, 0.1) is 0 Å². The van der Waals surface area contributed by atoms with Crippen LogP contribution in [0.15, 0.2) is 0 Å². The van der Waals surface area contributed by atoms with Crippen LogP contribution in [-0.4, -0.2) is 45.6 Å². The van der Waals surface area contributed by atoms with Gasteiger partial charge in [-0.15, -0.1) is 5.10 Å². The van der Waals surface area contributed by atoms with Gasteiger partial charge in [0, 0.05) is 26.1 Å². The Kier molecular flexibility index (Phi) is 3.23. The Hall–Kier alpha value is -1.79. The van der Waals surface area contributed by atoms with E-state index in [0.29, 0.717) is 18.9 Å². The second kappa shape index (κ2) is 4.82. The number of carbonyl (C=O) groups is 1. The highest BCUT2D eigenvalue weighted by Gasteiger charge is 2.17. The number of amides is 1. The van der Waals surface area contributed by atoms with Crippen molar-refractivity contribution in [3.8, 4) is 0 Å². The number of nitrogen functional groups attached to an aromatic ring is 1. The van der Waals surface area contributed by atoms with Crippen molar-refractivity contribution >= 4 is 17.8 Å². The van der Waals surface area contributed by atoms with Crippen LogP contribution in [0.25, 0.3) is 0 Å². The summed E-state index contributed by atoms with van der Waals surface area (Å²) in [4.78, 5) is 17.4. The van der Waals surface area contributed by atoms with Crippen molar-refractivity contribution in [3.63, 3.8) is 0 Å². The fourth-order valence-corrected chi connectivity index (χ4v) is 1.76. The third-order valence-electron chi connectivity index (χ3n) is 2.58. The van der Waals surface area contributed by atoms with Gasteiger partial charge in [-0.1, -0.05) is 0 Å². The van der Waals surface area contributed by atoms with Crippen molar-refractivity contribution in [1.29, 1.82) is 0 Å². The maximum atomic E-state index is 11.7. The first kappa shape index (κ1) is 10.7. The van der Waals surface area contributed by atoms with E-state index in [1.54, 1.807) is 0 Å². The van der Waals surface area contributed by atoms with Gasteiger partial charge < -0.3 is 16.0 Å². The molecule has 0 unspecified atom stereocenters. The lowest BCUT2D eigenvalue weighted by molar-refractivity contribution is -0.129. The number of likely N-dealkylation sites (tertiary alicyclic amines) is 1. The fourth-order valence-electron chi connectivity index (χ4n) is 1.76. The molecule has 1 amide bonds. The maximum Gasteiger partial charge on any atom is 0.243 e. The quantitative estimate of drug-likeness (QED) is 0.658. The normalized spacial score (nSPS) is 15.4. The molecule has 1 aromatic rings. The van der Waals surface area contributed by atoms with Gasteiger partial charge in [-0.05, 0) is 12.8 Å². The van der Waals surface area contributed by atoms with Crippen LogP contribution in [0.1, 0.15) is 19.3 Å². The number of rotatable bonds is 4. The van der Waals surface area contributed by atoms with Gasteiger partial charge in [0.15, 0.2) is 0 Å². The van der Waals surface area contributed by atoms with E-state index in [0.717, 1.165) is 25.9 Å². The van der Waals surface area contributed by atoms with Crippen LogP contribution in [0.3, 0.4) is 0 Å². The molecule has 0 bridgehead atoms. The molecule has 1 saturated heterocycles. The van der Waals surface area contributed by atoms with Gasteiger partial charge in [0.1, 0.15) is 0 Å². The predicted molar refractivity (Wildman–Crippen MR) is 59.7 cm³/mol. The SMILES string of the molecule is Nc1nc(NCCC(=O)N2CCCC2)n[nH]1. The van der Waals surface area contributed by atoms with Crippen LogP contribution < -0.4 is 11.1 Å². The lowest BCUT2D eigenvalue weighted by Crippen LogP contribution is -2.29. The highest BCUT2D eigenvalue weighted by atomic mass is 16.2. The summed E-state index contributed by atoms with van der Waals surface area (Å²) in [6.45, 7) is 2.32. The van der Waals surface area contributed by atoms with Gasteiger partial charge >= 0.3 is 0 Å². The van der Waals surface area contributed by atoms with Crippen molar-refractivity contribution in [2.24, 2.45) is 0 Å². The number of hydrogen-bond donors (Lipinski definition) is 3. The highest BCUT2D eigenvalue weighted by Crippen LogP contribution is 2.08. The summed E-state index contributed by atoms with van der Waals surface area (Å²) < 4.78 is 0. The number of nitrogens with two attached hydrogens (primary N) is 1. The van der Waals surface area contributed by atoms with Crippen molar-refractivity contribution in [1.82, 2.24) is 20.1 Å². The number of carbonyl (C=O) groups excluding carboxylic acids is 1. The molecule has 1 aliphatic heterocycles. The molecule has 88 valence electrons. The minimum Gasteiger partial charge on any atom is -0.368 e. The number of aromatic nitrogens is 3. The fraction of sp³-hybridized carbons (Fsp3) is 0.667.